The first-order valence-corrected chi connectivity index (χ1v) is 12.4. The predicted molar refractivity (Wildman–Crippen MR) is 150 cm³/mol. The van der Waals surface area contributed by atoms with Gasteiger partial charge in [-0.05, 0) is 82.3 Å². The Morgan fingerprint density at radius 2 is 1.33 bits per heavy atom. The van der Waals surface area contributed by atoms with Crippen LogP contribution in [0.1, 0.15) is 58.8 Å². The van der Waals surface area contributed by atoms with Crippen LogP contribution in [0.2, 0.25) is 0 Å². The van der Waals surface area contributed by atoms with E-state index in [9.17, 15) is 19.5 Å². The van der Waals surface area contributed by atoms with Crippen molar-refractivity contribution < 1.29 is 33.7 Å². The van der Waals surface area contributed by atoms with Gasteiger partial charge in [0.1, 0.15) is 5.75 Å². The minimum absolute atomic E-state index is 0.0227. The lowest BCUT2D eigenvalue weighted by Gasteiger charge is -2.21. The number of nitrogens with one attached hydrogen (secondary N) is 3. The number of carboxylic acids is 1. The SMILES string of the molecule is CNc1ccc(C(=O)Nc2ccc(C(=O)Nc3ccc(C(=O)O)cc3OC(C)C)c(OC)c2OC(C)C)cc1. The van der Waals surface area contributed by atoms with Gasteiger partial charge >= 0.3 is 5.97 Å². The molecule has 0 aliphatic rings. The summed E-state index contributed by atoms with van der Waals surface area (Å²) in [6, 6.07) is 14.2. The molecule has 10 nitrogen and oxygen atoms in total. The lowest BCUT2D eigenvalue weighted by molar-refractivity contribution is 0.0695. The second-order valence-electron chi connectivity index (χ2n) is 9.11. The summed E-state index contributed by atoms with van der Waals surface area (Å²) in [6.07, 6.45) is -0.556. The van der Waals surface area contributed by atoms with Gasteiger partial charge < -0.3 is 35.3 Å². The highest BCUT2D eigenvalue weighted by Gasteiger charge is 2.24. The first-order valence-electron chi connectivity index (χ1n) is 12.4. The zero-order valence-corrected chi connectivity index (χ0v) is 22.7. The summed E-state index contributed by atoms with van der Waals surface area (Å²) >= 11 is 0. The van der Waals surface area contributed by atoms with Gasteiger partial charge in [0.2, 0.25) is 0 Å². The molecule has 0 heterocycles. The average Bonchev–Trinajstić information content (AvgIpc) is 2.89. The van der Waals surface area contributed by atoms with Crippen molar-refractivity contribution in [3.63, 3.8) is 0 Å². The molecule has 10 heteroatoms. The van der Waals surface area contributed by atoms with Gasteiger partial charge in [-0.25, -0.2) is 4.79 Å². The average molecular weight is 536 g/mol. The van der Waals surface area contributed by atoms with Crippen molar-refractivity contribution >= 4 is 34.8 Å². The molecule has 0 aliphatic carbocycles. The van der Waals surface area contributed by atoms with Gasteiger partial charge in [-0.2, -0.15) is 0 Å². The maximum atomic E-state index is 13.4. The second-order valence-corrected chi connectivity index (χ2v) is 9.11. The van der Waals surface area contributed by atoms with Crippen molar-refractivity contribution in [2.45, 2.75) is 39.9 Å². The monoisotopic (exact) mass is 535 g/mol. The number of benzene rings is 3. The molecule has 0 spiro atoms. The summed E-state index contributed by atoms with van der Waals surface area (Å²) in [7, 11) is 3.19. The quantitative estimate of drug-likeness (QED) is 0.252. The lowest BCUT2D eigenvalue weighted by Crippen LogP contribution is -2.19. The summed E-state index contributed by atoms with van der Waals surface area (Å²) in [5.74, 6) is -1.49. The number of anilines is 3. The lowest BCUT2D eigenvalue weighted by atomic mass is 10.1. The van der Waals surface area contributed by atoms with Gasteiger partial charge in [-0.15, -0.1) is 0 Å². The Morgan fingerprint density at radius 3 is 1.90 bits per heavy atom. The molecular weight excluding hydrogens is 502 g/mol. The highest BCUT2D eigenvalue weighted by Crippen LogP contribution is 2.40. The smallest absolute Gasteiger partial charge is 0.335 e. The standard InChI is InChI=1S/C29H33N3O7/c1-16(2)38-24-15-19(29(35)36)9-13-22(24)31-28(34)21-12-14-23(26(25(21)37-6)39-17(3)4)32-27(33)18-7-10-20(30-5)11-8-18/h7-17,30H,1-6H3,(H,31,34)(H,32,33)(H,35,36). The minimum Gasteiger partial charge on any atom is -0.492 e. The normalized spacial score (nSPS) is 10.7. The molecule has 0 bridgehead atoms. The number of rotatable bonds is 11. The Balaban J connectivity index is 1.97. The summed E-state index contributed by atoms with van der Waals surface area (Å²) in [5, 5.41) is 17.9. The first kappa shape index (κ1) is 28.8. The number of carbonyl (C=O) groups is 3. The van der Waals surface area contributed by atoms with Crippen LogP contribution < -0.4 is 30.2 Å². The number of methoxy groups -OCH3 is 1. The summed E-state index contributed by atoms with van der Waals surface area (Å²) in [4.78, 5) is 37.8. The van der Waals surface area contributed by atoms with E-state index in [0.717, 1.165) is 5.69 Å². The fourth-order valence-corrected chi connectivity index (χ4v) is 3.68. The van der Waals surface area contributed by atoms with Gasteiger partial charge in [0.05, 0.1) is 41.8 Å². The van der Waals surface area contributed by atoms with Crippen molar-refractivity contribution in [2.75, 3.05) is 30.1 Å². The molecule has 0 fully saturated rings. The molecule has 0 aromatic heterocycles. The molecule has 2 amide bonds. The maximum Gasteiger partial charge on any atom is 0.335 e. The molecule has 0 unspecified atom stereocenters. The second kappa shape index (κ2) is 12.7. The van der Waals surface area contributed by atoms with E-state index in [-0.39, 0.29) is 52.2 Å². The number of hydrogen-bond donors (Lipinski definition) is 4. The van der Waals surface area contributed by atoms with Crippen LogP contribution in [0.5, 0.6) is 17.2 Å². The van der Waals surface area contributed by atoms with Crippen molar-refractivity contribution in [3.05, 3.63) is 71.3 Å². The third-order valence-electron chi connectivity index (χ3n) is 5.44. The van der Waals surface area contributed by atoms with Gasteiger partial charge in [0.15, 0.2) is 11.5 Å². The summed E-state index contributed by atoms with van der Waals surface area (Å²) < 4.78 is 17.3. The molecule has 0 radical (unpaired) electrons. The molecular formula is C29H33N3O7. The number of amides is 2. The van der Waals surface area contributed by atoms with Gasteiger partial charge in [-0.1, -0.05) is 0 Å². The van der Waals surface area contributed by atoms with Crippen LogP contribution in [-0.2, 0) is 0 Å². The maximum absolute atomic E-state index is 13.4. The summed E-state index contributed by atoms with van der Waals surface area (Å²) in [5.41, 5.74) is 2.08. The number of carboxylic acid groups (broad SMARTS) is 1. The fraction of sp³-hybridized carbons (Fsp3) is 0.276. The van der Waals surface area contributed by atoms with Crippen molar-refractivity contribution in [2.24, 2.45) is 0 Å². The minimum atomic E-state index is -1.12. The molecule has 39 heavy (non-hydrogen) atoms. The van der Waals surface area contributed by atoms with E-state index in [4.69, 9.17) is 14.2 Å². The largest absolute Gasteiger partial charge is 0.492 e. The van der Waals surface area contributed by atoms with Crippen LogP contribution in [0.4, 0.5) is 17.1 Å². The molecule has 0 aliphatic heterocycles. The highest BCUT2D eigenvalue weighted by molar-refractivity contribution is 6.10. The Morgan fingerprint density at radius 1 is 0.744 bits per heavy atom. The van der Waals surface area contributed by atoms with Crippen LogP contribution in [0, 0.1) is 0 Å². The van der Waals surface area contributed by atoms with E-state index < -0.39 is 11.9 Å². The van der Waals surface area contributed by atoms with Gasteiger partial charge in [0.25, 0.3) is 11.8 Å². The third-order valence-corrected chi connectivity index (χ3v) is 5.44. The molecule has 3 rings (SSSR count). The number of carbonyl (C=O) groups excluding carboxylic acids is 2. The number of aromatic carboxylic acids is 1. The van der Waals surface area contributed by atoms with Crippen LogP contribution in [0.3, 0.4) is 0 Å². The Hall–Kier alpha value is -4.73. The van der Waals surface area contributed by atoms with Crippen LogP contribution >= 0.6 is 0 Å². The molecule has 0 saturated heterocycles. The van der Waals surface area contributed by atoms with Crippen LogP contribution in [0.15, 0.2) is 54.6 Å². The molecule has 4 N–H and O–H groups in total. The highest BCUT2D eigenvalue weighted by atomic mass is 16.5. The van der Waals surface area contributed by atoms with E-state index in [1.807, 2.05) is 13.8 Å². The molecule has 0 atom stereocenters. The zero-order valence-electron chi connectivity index (χ0n) is 22.7. The molecule has 206 valence electrons. The fourth-order valence-electron chi connectivity index (χ4n) is 3.68. The Kier molecular flexibility index (Phi) is 9.38. The summed E-state index contributed by atoms with van der Waals surface area (Å²) in [6.45, 7) is 7.21. The van der Waals surface area contributed by atoms with Gasteiger partial charge in [0, 0.05) is 18.3 Å². The Labute approximate surface area is 227 Å². The van der Waals surface area contributed by atoms with Crippen LogP contribution in [-0.4, -0.2) is 49.3 Å². The van der Waals surface area contributed by atoms with Crippen molar-refractivity contribution in [1.29, 1.82) is 0 Å². The number of hydrogen-bond acceptors (Lipinski definition) is 7. The van der Waals surface area contributed by atoms with Crippen molar-refractivity contribution in [1.82, 2.24) is 0 Å². The molecule has 3 aromatic rings. The zero-order chi connectivity index (χ0) is 28.7. The molecule has 0 saturated carbocycles. The van der Waals surface area contributed by atoms with Crippen molar-refractivity contribution in [3.8, 4) is 17.2 Å². The van der Waals surface area contributed by atoms with E-state index in [0.29, 0.717) is 11.3 Å². The van der Waals surface area contributed by atoms with Crippen LogP contribution in [0.25, 0.3) is 0 Å². The molecule has 3 aromatic carbocycles. The topological polar surface area (TPSA) is 135 Å². The van der Waals surface area contributed by atoms with E-state index in [1.54, 1.807) is 51.2 Å². The van der Waals surface area contributed by atoms with Gasteiger partial charge in [-0.3, -0.25) is 9.59 Å². The Bertz CT molecular complexity index is 1350. The van der Waals surface area contributed by atoms with E-state index in [1.165, 1.54) is 31.4 Å². The third kappa shape index (κ3) is 7.19. The number of ether oxygens (including phenoxy) is 3. The predicted octanol–water partition coefficient (Wildman–Crippen LogP) is 5.51. The van der Waals surface area contributed by atoms with E-state index in [2.05, 4.69) is 16.0 Å². The first-order chi connectivity index (χ1) is 18.5. The van der Waals surface area contributed by atoms with E-state index >= 15 is 0 Å².